The fourth-order valence-electron chi connectivity index (χ4n) is 3.20. The Morgan fingerprint density at radius 1 is 1.25 bits per heavy atom. The van der Waals surface area contributed by atoms with E-state index in [9.17, 15) is 4.79 Å². The Labute approximate surface area is 152 Å². The van der Waals surface area contributed by atoms with Gasteiger partial charge in [-0.25, -0.2) is 0 Å². The van der Waals surface area contributed by atoms with Gasteiger partial charge in [0.05, 0.1) is 4.88 Å². The topological polar surface area (TPSA) is 38.0 Å². The number of nitrogens with one attached hydrogen (secondary N) is 3. The molecule has 3 N–H and O–H groups in total. The molecule has 0 radical (unpaired) electrons. The molecule has 0 saturated carbocycles. The second-order valence-electron chi connectivity index (χ2n) is 6.39. The number of thiophene rings is 1. The van der Waals surface area contributed by atoms with Crippen LogP contribution in [0.2, 0.25) is 5.02 Å². The molecule has 24 heavy (non-hydrogen) atoms. The highest BCUT2D eigenvalue weighted by atomic mass is 35.5. The number of hydrogen-bond donors (Lipinski definition) is 3. The van der Waals surface area contributed by atoms with Crippen LogP contribution in [0.4, 0.5) is 5.69 Å². The number of benzene rings is 1. The fraction of sp³-hybridized carbons (Fsp3) is 0.389. The largest absolute Gasteiger partial charge is 0.321 e. The van der Waals surface area contributed by atoms with Crippen molar-refractivity contribution >= 4 is 34.5 Å². The van der Waals surface area contributed by atoms with Crippen molar-refractivity contribution < 1.29 is 14.6 Å². The van der Waals surface area contributed by atoms with Gasteiger partial charge in [0, 0.05) is 10.7 Å². The van der Waals surface area contributed by atoms with Crippen LogP contribution >= 0.6 is 22.9 Å². The lowest BCUT2D eigenvalue weighted by atomic mass is 10.2. The average Bonchev–Trinajstić information content (AvgIpc) is 3.08. The van der Waals surface area contributed by atoms with Crippen molar-refractivity contribution in [2.75, 3.05) is 31.5 Å². The third-order valence-corrected chi connectivity index (χ3v) is 5.81. The van der Waals surface area contributed by atoms with Gasteiger partial charge in [0.15, 0.2) is 6.04 Å². The monoisotopic (exact) mass is 365 g/mol. The average molecular weight is 366 g/mol. The highest BCUT2D eigenvalue weighted by molar-refractivity contribution is 7.09. The smallest absolute Gasteiger partial charge is 0.282 e. The maximum atomic E-state index is 12.5. The molecule has 2 heterocycles. The first kappa shape index (κ1) is 17.4. The first-order valence-electron chi connectivity index (χ1n) is 8.39. The third-order valence-electron chi connectivity index (χ3n) is 4.70. The van der Waals surface area contributed by atoms with Gasteiger partial charge in [-0.3, -0.25) is 4.79 Å². The molecule has 2 aromatic rings. The Morgan fingerprint density at radius 3 is 2.71 bits per heavy atom. The lowest BCUT2D eigenvalue weighted by molar-refractivity contribution is -1.02. The van der Waals surface area contributed by atoms with Crippen molar-refractivity contribution in [1.82, 2.24) is 0 Å². The van der Waals surface area contributed by atoms with Gasteiger partial charge < -0.3 is 15.1 Å². The van der Waals surface area contributed by atoms with Gasteiger partial charge in [-0.2, -0.15) is 0 Å². The molecule has 1 aromatic carbocycles. The predicted octanol–water partition coefficient (Wildman–Crippen LogP) is 0.712. The quantitative estimate of drug-likeness (QED) is 0.717. The maximum Gasteiger partial charge on any atom is 0.282 e. The van der Waals surface area contributed by atoms with E-state index in [-0.39, 0.29) is 11.9 Å². The van der Waals surface area contributed by atoms with Gasteiger partial charge >= 0.3 is 0 Å². The number of amides is 1. The maximum absolute atomic E-state index is 12.5. The number of carbonyl (C=O) groups excluding carboxylic acids is 1. The van der Waals surface area contributed by atoms with Crippen LogP contribution in [0.15, 0.2) is 41.8 Å². The molecule has 0 bridgehead atoms. The van der Waals surface area contributed by atoms with E-state index in [0.717, 1.165) is 38.4 Å². The van der Waals surface area contributed by atoms with E-state index in [1.54, 1.807) is 11.0 Å². The predicted molar refractivity (Wildman–Crippen MR) is 99.0 cm³/mol. The van der Waals surface area contributed by atoms with Crippen LogP contribution in [0.3, 0.4) is 0 Å². The molecule has 1 aliphatic rings. The molecular weight excluding hydrogens is 342 g/mol. The van der Waals surface area contributed by atoms with E-state index >= 15 is 0 Å². The van der Waals surface area contributed by atoms with Crippen LogP contribution in [-0.2, 0) is 11.3 Å². The molecule has 1 aliphatic heterocycles. The van der Waals surface area contributed by atoms with Gasteiger partial charge in [0.2, 0.25) is 0 Å². The normalized spacial score (nSPS) is 22.1. The van der Waals surface area contributed by atoms with Crippen LogP contribution in [0.1, 0.15) is 11.8 Å². The van der Waals surface area contributed by atoms with E-state index in [1.807, 2.05) is 36.5 Å². The minimum atomic E-state index is -0.0488. The zero-order chi connectivity index (χ0) is 16.9. The molecule has 1 amide bonds. The first-order chi connectivity index (χ1) is 11.6. The number of anilines is 1. The van der Waals surface area contributed by atoms with Crippen LogP contribution in [0.25, 0.3) is 0 Å². The van der Waals surface area contributed by atoms with Crippen molar-refractivity contribution in [3.05, 3.63) is 51.7 Å². The summed E-state index contributed by atoms with van der Waals surface area (Å²) >= 11 is 7.80. The van der Waals surface area contributed by atoms with Crippen molar-refractivity contribution in [2.45, 2.75) is 19.5 Å². The number of halogens is 1. The van der Waals surface area contributed by atoms with Crippen LogP contribution in [-0.4, -0.2) is 38.1 Å². The summed E-state index contributed by atoms with van der Waals surface area (Å²) in [5.41, 5.74) is 0.765. The van der Waals surface area contributed by atoms with Crippen LogP contribution in [0.5, 0.6) is 0 Å². The molecule has 0 spiro atoms. The summed E-state index contributed by atoms with van der Waals surface area (Å²) in [7, 11) is 0. The molecule has 1 saturated heterocycles. The molecular formula is C18H24ClN3OS+2. The molecule has 0 unspecified atom stereocenters. The Kier molecular flexibility index (Phi) is 5.89. The molecule has 1 atom stereocenters. The van der Waals surface area contributed by atoms with E-state index in [2.05, 4.69) is 22.8 Å². The van der Waals surface area contributed by atoms with E-state index in [0.29, 0.717) is 5.02 Å². The lowest BCUT2D eigenvalue weighted by Crippen LogP contribution is -3.29. The fourth-order valence-corrected chi connectivity index (χ4v) is 4.16. The SMILES string of the molecule is C[C@H](C(=O)Nc1cccc(Cl)c1)[NH+]1CC[NH+](Cc2cccs2)CC1. The van der Waals surface area contributed by atoms with Gasteiger partial charge in [-0.15, -0.1) is 11.3 Å². The Hall–Kier alpha value is -1.40. The lowest BCUT2D eigenvalue weighted by Gasteiger charge is -2.32. The summed E-state index contributed by atoms with van der Waals surface area (Å²) < 4.78 is 0. The molecule has 3 rings (SSSR count). The molecule has 1 fully saturated rings. The van der Waals surface area contributed by atoms with E-state index < -0.39 is 0 Å². The number of rotatable bonds is 5. The summed E-state index contributed by atoms with van der Waals surface area (Å²) in [6, 6.07) is 11.6. The van der Waals surface area contributed by atoms with Crippen molar-refractivity contribution in [1.29, 1.82) is 0 Å². The molecule has 128 valence electrons. The van der Waals surface area contributed by atoms with Crippen molar-refractivity contribution in [3.8, 4) is 0 Å². The number of piperazine rings is 1. The van der Waals surface area contributed by atoms with Gasteiger partial charge in [0.1, 0.15) is 32.7 Å². The summed E-state index contributed by atoms with van der Waals surface area (Å²) in [5.74, 6) is 0.0639. The number of hydrogen-bond acceptors (Lipinski definition) is 2. The van der Waals surface area contributed by atoms with Crippen LogP contribution in [0, 0.1) is 0 Å². The standard InChI is InChI=1S/C18H22ClN3OS/c1-14(18(23)20-16-5-2-4-15(19)12-16)22-9-7-21(8-10-22)13-17-6-3-11-24-17/h2-6,11-12,14H,7-10,13H2,1H3,(H,20,23)/p+2/t14-/m1/s1. The highest BCUT2D eigenvalue weighted by Crippen LogP contribution is 2.14. The number of quaternary nitrogens is 2. The highest BCUT2D eigenvalue weighted by Gasteiger charge is 2.31. The molecule has 6 heteroatoms. The second-order valence-corrected chi connectivity index (χ2v) is 7.85. The van der Waals surface area contributed by atoms with Gasteiger partial charge in [-0.1, -0.05) is 23.7 Å². The minimum absolute atomic E-state index is 0.0488. The molecule has 1 aromatic heterocycles. The van der Waals surface area contributed by atoms with Gasteiger partial charge in [-0.05, 0) is 36.6 Å². The second kappa shape index (κ2) is 8.12. The van der Waals surface area contributed by atoms with E-state index in [1.165, 1.54) is 9.78 Å². The van der Waals surface area contributed by atoms with Crippen molar-refractivity contribution in [3.63, 3.8) is 0 Å². The third kappa shape index (κ3) is 4.57. The van der Waals surface area contributed by atoms with E-state index in [4.69, 9.17) is 11.6 Å². The summed E-state index contributed by atoms with van der Waals surface area (Å²) in [6.07, 6.45) is 0. The first-order valence-corrected chi connectivity index (χ1v) is 9.64. The Balaban J connectivity index is 1.49. The molecule has 4 nitrogen and oxygen atoms in total. The summed E-state index contributed by atoms with van der Waals surface area (Å²) in [4.78, 5) is 16.9. The molecule has 0 aliphatic carbocycles. The summed E-state index contributed by atoms with van der Waals surface area (Å²) in [5, 5.41) is 5.75. The Morgan fingerprint density at radius 2 is 2.04 bits per heavy atom. The Bertz CT molecular complexity index is 669. The van der Waals surface area contributed by atoms with Crippen molar-refractivity contribution in [2.24, 2.45) is 0 Å². The van der Waals surface area contributed by atoms with Crippen LogP contribution < -0.4 is 15.1 Å². The van der Waals surface area contributed by atoms with Gasteiger partial charge in [0.25, 0.3) is 5.91 Å². The zero-order valence-electron chi connectivity index (χ0n) is 13.8. The minimum Gasteiger partial charge on any atom is -0.321 e. The zero-order valence-corrected chi connectivity index (χ0v) is 15.4. The summed E-state index contributed by atoms with van der Waals surface area (Å²) in [6.45, 7) is 7.41. The number of carbonyl (C=O) groups is 1.